The van der Waals surface area contributed by atoms with E-state index in [4.69, 9.17) is 0 Å². The van der Waals surface area contributed by atoms with Gasteiger partial charge in [0, 0.05) is 32.9 Å². The molecule has 0 fully saturated rings. The van der Waals surface area contributed by atoms with Crippen molar-refractivity contribution in [2.45, 2.75) is 52.5 Å². The molecule has 0 aromatic carbocycles. The third-order valence-corrected chi connectivity index (χ3v) is 3.49. The lowest BCUT2D eigenvalue weighted by Gasteiger charge is -2.18. The maximum Gasteiger partial charge on any atom is 0.191 e. The quantitative estimate of drug-likeness (QED) is 0.571. The smallest absolute Gasteiger partial charge is 0.191 e. The molecule has 0 amide bonds. The summed E-state index contributed by atoms with van der Waals surface area (Å²) in [5.74, 6) is 1.67. The van der Waals surface area contributed by atoms with Crippen molar-refractivity contribution in [2.24, 2.45) is 18.0 Å². The Morgan fingerprint density at radius 2 is 2.10 bits per heavy atom. The summed E-state index contributed by atoms with van der Waals surface area (Å²) in [5.41, 5.74) is 1.24. The average Bonchev–Trinajstić information content (AvgIpc) is 2.83. The summed E-state index contributed by atoms with van der Waals surface area (Å²) in [4.78, 5) is 4.28. The maximum absolute atomic E-state index is 4.28. The minimum atomic E-state index is 0.452. The molecule has 0 aliphatic rings. The van der Waals surface area contributed by atoms with Crippen molar-refractivity contribution in [1.82, 2.24) is 20.4 Å². The van der Waals surface area contributed by atoms with Crippen molar-refractivity contribution in [3.63, 3.8) is 0 Å². The van der Waals surface area contributed by atoms with E-state index in [9.17, 15) is 0 Å². The summed E-state index contributed by atoms with van der Waals surface area (Å²) in [6.07, 6.45) is 8.65. The highest BCUT2D eigenvalue weighted by Crippen LogP contribution is 2.08. The molecule has 0 radical (unpaired) electrons. The van der Waals surface area contributed by atoms with Crippen molar-refractivity contribution < 1.29 is 0 Å². The lowest BCUT2D eigenvalue weighted by molar-refractivity contribution is 0.491. The van der Waals surface area contributed by atoms with Crippen LogP contribution in [-0.4, -0.2) is 35.4 Å². The van der Waals surface area contributed by atoms with E-state index in [0.29, 0.717) is 6.04 Å². The average molecular weight is 293 g/mol. The molecule has 0 bridgehead atoms. The van der Waals surface area contributed by atoms with Gasteiger partial charge in [-0.1, -0.05) is 26.7 Å². The molecule has 0 saturated carbocycles. The Kier molecular flexibility index (Phi) is 7.87. The molecule has 0 aliphatic carbocycles. The van der Waals surface area contributed by atoms with Crippen LogP contribution in [0.25, 0.3) is 0 Å². The molecule has 0 saturated heterocycles. The van der Waals surface area contributed by atoms with Gasteiger partial charge in [0.25, 0.3) is 0 Å². The predicted octanol–water partition coefficient (Wildman–Crippen LogP) is 2.34. The second kappa shape index (κ2) is 9.42. The van der Waals surface area contributed by atoms with Crippen LogP contribution >= 0.6 is 0 Å². The van der Waals surface area contributed by atoms with Crippen molar-refractivity contribution in [3.05, 3.63) is 18.0 Å². The molecule has 1 aromatic heterocycles. The van der Waals surface area contributed by atoms with E-state index in [-0.39, 0.29) is 0 Å². The van der Waals surface area contributed by atoms with Crippen LogP contribution in [0.4, 0.5) is 0 Å². The van der Waals surface area contributed by atoms with Crippen LogP contribution in [0.15, 0.2) is 17.4 Å². The van der Waals surface area contributed by atoms with Gasteiger partial charge in [0.1, 0.15) is 0 Å². The van der Waals surface area contributed by atoms with Crippen LogP contribution in [0.1, 0.15) is 45.6 Å². The first-order valence-corrected chi connectivity index (χ1v) is 7.96. The highest BCUT2D eigenvalue weighted by atomic mass is 15.2. The van der Waals surface area contributed by atoms with Gasteiger partial charge in [-0.3, -0.25) is 9.67 Å². The molecular weight excluding hydrogens is 262 g/mol. The van der Waals surface area contributed by atoms with Crippen LogP contribution < -0.4 is 10.6 Å². The number of nitrogens with zero attached hydrogens (tertiary/aromatic N) is 3. The Bertz CT molecular complexity index is 422. The first-order valence-electron chi connectivity index (χ1n) is 7.96. The van der Waals surface area contributed by atoms with Crippen molar-refractivity contribution >= 4 is 5.96 Å². The molecule has 120 valence electrons. The van der Waals surface area contributed by atoms with Crippen LogP contribution in [-0.2, 0) is 13.5 Å². The third-order valence-electron chi connectivity index (χ3n) is 3.49. The monoisotopic (exact) mass is 293 g/mol. The molecule has 21 heavy (non-hydrogen) atoms. The van der Waals surface area contributed by atoms with Crippen LogP contribution in [0.3, 0.4) is 0 Å². The standard InChI is InChI=1S/C16H31N5/c1-13(2)7-6-8-14(3)20-16(17-4)18-10-9-15-11-19-21(5)12-15/h11-14H,6-10H2,1-5H3,(H2,17,18,20). The second-order valence-electron chi connectivity index (χ2n) is 6.14. The van der Waals surface area contributed by atoms with Crippen LogP contribution in [0, 0.1) is 5.92 Å². The maximum atomic E-state index is 4.28. The summed E-state index contributed by atoms with van der Waals surface area (Å²) in [6, 6.07) is 0.452. The lowest BCUT2D eigenvalue weighted by atomic mass is 10.0. The summed E-state index contributed by atoms with van der Waals surface area (Å²) in [6.45, 7) is 7.63. The normalized spacial score (nSPS) is 13.5. The fourth-order valence-corrected chi connectivity index (χ4v) is 2.26. The van der Waals surface area contributed by atoms with Crippen molar-refractivity contribution in [2.75, 3.05) is 13.6 Å². The molecule has 5 heteroatoms. The molecule has 1 unspecified atom stereocenters. The zero-order valence-electron chi connectivity index (χ0n) is 14.2. The number of aliphatic imine (C=N–C) groups is 1. The minimum Gasteiger partial charge on any atom is -0.356 e. The highest BCUT2D eigenvalue weighted by molar-refractivity contribution is 5.79. The zero-order valence-corrected chi connectivity index (χ0v) is 14.2. The number of aryl methyl sites for hydroxylation is 1. The Morgan fingerprint density at radius 3 is 2.67 bits per heavy atom. The number of hydrogen-bond acceptors (Lipinski definition) is 2. The van der Waals surface area contributed by atoms with Gasteiger partial charge >= 0.3 is 0 Å². The Hall–Kier alpha value is -1.52. The third kappa shape index (κ3) is 7.73. The largest absolute Gasteiger partial charge is 0.356 e. The summed E-state index contributed by atoms with van der Waals surface area (Å²) >= 11 is 0. The predicted molar refractivity (Wildman–Crippen MR) is 89.6 cm³/mol. The van der Waals surface area contributed by atoms with E-state index in [1.165, 1.54) is 24.8 Å². The van der Waals surface area contributed by atoms with E-state index in [2.05, 4.69) is 41.5 Å². The van der Waals surface area contributed by atoms with Gasteiger partial charge < -0.3 is 10.6 Å². The van der Waals surface area contributed by atoms with Gasteiger partial charge in [-0.25, -0.2) is 0 Å². The molecule has 1 aromatic rings. The van der Waals surface area contributed by atoms with E-state index >= 15 is 0 Å². The Morgan fingerprint density at radius 1 is 1.33 bits per heavy atom. The van der Waals surface area contributed by atoms with E-state index in [1.54, 1.807) is 0 Å². The van der Waals surface area contributed by atoms with Gasteiger partial charge in [-0.05, 0) is 31.2 Å². The summed E-state index contributed by atoms with van der Waals surface area (Å²) < 4.78 is 1.83. The minimum absolute atomic E-state index is 0.452. The van der Waals surface area contributed by atoms with Gasteiger partial charge in [0.2, 0.25) is 0 Å². The van der Waals surface area contributed by atoms with Gasteiger partial charge in [-0.2, -0.15) is 5.10 Å². The molecule has 2 N–H and O–H groups in total. The van der Waals surface area contributed by atoms with E-state index < -0.39 is 0 Å². The highest BCUT2D eigenvalue weighted by Gasteiger charge is 2.05. The number of aromatic nitrogens is 2. The first kappa shape index (κ1) is 17.5. The lowest BCUT2D eigenvalue weighted by Crippen LogP contribution is -2.42. The second-order valence-corrected chi connectivity index (χ2v) is 6.14. The van der Waals surface area contributed by atoms with Crippen molar-refractivity contribution in [1.29, 1.82) is 0 Å². The van der Waals surface area contributed by atoms with E-state index in [1.807, 2.05) is 31.2 Å². The van der Waals surface area contributed by atoms with Gasteiger partial charge in [0.15, 0.2) is 5.96 Å². The summed E-state index contributed by atoms with van der Waals surface area (Å²) in [5, 5.41) is 11.0. The van der Waals surface area contributed by atoms with Crippen LogP contribution in [0.2, 0.25) is 0 Å². The molecule has 0 spiro atoms. The molecule has 1 heterocycles. The van der Waals surface area contributed by atoms with Gasteiger partial charge in [0.05, 0.1) is 6.20 Å². The van der Waals surface area contributed by atoms with Crippen molar-refractivity contribution in [3.8, 4) is 0 Å². The Labute approximate surface area is 129 Å². The first-order chi connectivity index (χ1) is 10.0. The fourth-order valence-electron chi connectivity index (χ4n) is 2.26. The number of rotatable bonds is 8. The number of nitrogens with one attached hydrogen (secondary N) is 2. The molecule has 0 aliphatic heterocycles. The molecule has 1 atom stereocenters. The molecule has 5 nitrogen and oxygen atoms in total. The molecular formula is C16H31N5. The Balaban J connectivity index is 2.22. The SMILES string of the molecule is CN=C(NCCc1cnn(C)c1)NC(C)CCCC(C)C. The summed E-state index contributed by atoms with van der Waals surface area (Å²) in [7, 11) is 3.76. The number of guanidine groups is 1. The molecule has 1 rings (SSSR count). The fraction of sp³-hybridized carbons (Fsp3) is 0.750. The van der Waals surface area contributed by atoms with Crippen LogP contribution in [0.5, 0.6) is 0 Å². The van der Waals surface area contributed by atoms with Gasteiger partial charge in [-0.15, -0.1) is 0 Å². The topological polar surface area (TPSA) is 54.2 Å². The zero-order chi connectivity index (χ0) is 15.7. The van der Waals surface area contributed by atoms with E-state index in [0.717, 1.165) is 24.8 Å². The number of hydrogen-bond donors (Lipinski definition) is 2.